The van der Waals surface area contributed by atoms with Crippen molar-refractivity contribution >= 4 is 21.6 Å². The second-order valence-electron chi connectivity index (χ2n) is 8.53. The van der Waals surface area contributed by atoms with Gasteiger partial charge in [-0.15, -0.1) is 10.2 Å². The number of fused-ring (bicyclic) bond motifs is 1. The first-order valence-electron chi connectivity index (χ1n) is 11.6. The van der Waals surface area contributed by atoms with E-state index in [4.69, 9.17) is 13.9 Å². The number of imidazole rings is 1. The second kappa shape index (κ2) is 9.84. The van der Waals surface area contributed by atoms with Crippen molar-refractivity contribution < 1.29 is 27.4 Å². The minimum Gasteiger partial charge on any atom is -0.494 e. The predicted molar refractivity (Wildman–Crippen MR) is 139 cm³/mol. The summed E-state index contributed by atoms with van der Waals surface area (Å²) in [4.78, 5) is 4.35. The van der Waals surface area contributed by atoms with Crippen molar-refractivity contribution in [3.63, 3.8) is 0 Å². The molecule has 0 aliphatic heterocycles. The van der Waals surface area contributed by atoms with Gasteiger partial charge in [0.15, 0.2) is 5.76 Å². The van der Waals surface area contributed by atoms with Crippen LogP contribution >= 0.6 is 0 Å². The van der Waals surface area contributed by atoms with Crippen LogP contribution in [0.4, 0.5) is 5.95 Å². The number of rotatable bonds is 9. The molecule has 13 heteroatoms. The zero-order chi connectivity index (χ0) is 27.0. The zero-order valence-corrected chi connectivity index (χ0v) is 21.9. The number of pyridine rings is 1. The Kier molecular flexibility index (Phi) is 6.55. The number of hydrogen-bond acceptors (Lipinski definition) is 9. The molecule has 12 nitrogen and oxygen atoms in total. The van der Waals surface area contributed by atoms with Gasteiger partial charge in [0.1, 0.15) is 39.9 Å². The van der Waals surface area contributed by atoms with Crippen LogP contribution < -0.4 is 14.2 Å². The largest absolute Gasteiger partial charge is 0.494 e. The maximum absolute atomic E-state index is 13.5. The van der Waals surface area contributed by atoms with Gasteiger partial charge in [-0.2, -0.15) is 0 Å². The van der Waals surface area contributed by atoms with E-state index < -0.39 is 21.4 Å². The minimum atomic E-state index is -4.22. The Morgan fingerprint density at radius 2 is 1.76 bits per heavy atom. The SMILES string of the molecule is COc1cccc(OC)c1-n1c(NS(=O)(=O)[C@@H](C)[C@@H](O)c2cn3ccccc3n2)nnc1-c1ccc(C)o1. The standard InChI is InChI=1S/C25H26N6O6S/c1-15-11-12-20(37-15)24-27-28-25(31(24)22-18(35-3)8-7-9-19(22)36-4)29-38(33,34)16(2)23(32)17-14-30-13-6-5-10-21(30)26-17/h5-14,16,23,32H,1-4H3,(H,28,29)/t16-,23+/m0/s1. The van der Waals surface area contributed by atoms with Gasteiger partial charge in [-0.05, 0) is 50.2 Å². The third-order valence-corrected chi connectivity index (χ3v) is 7.81. The van der Waals surface area contributed by atoms with Crippen LogP contribution in [0.25, 0.3) is 22.9 Å². The predicted octanol–water partition coefficient (Wildman–Crippen LogP) is 3.36. The Morgan fingerprint density at radius 3 is 2.39 bits per heavy atom. The van der Waals surface area contributed by atoms with E-state index in [9.17, 15) is 13.5 Å². The van der Waals surface area contributed by atoms with Gasteiger partial charge in [-0.3, -0.25) is 9.29 Å². The van der Waals surface area contributed by atoms with Gasteiger partial charge in [0.2, 0.25) is 21.8 Å². The molecule has 0 saturated heterocycles. The molecule has 4 heterocycles. The number of aryl methyl sites for hydroxylation is 1. The molecule has 2 atom stereocenters. The fraction of sp³-hybridized carbons (Fsp3) is 0.240. The lowest BCUT2D eigenvalue weighted by molar-refractivity contribution is 0.172. The van der Waals surface area contributed by atoms with Crippen LogP contribution in [0.3, 0.4) is 0 Å². The van der Waals surface area contributed by atoms with Crippen LogP contribution in [0.5, 0.6) is 11.5 Å². The molecule has 0 spiro atoms. The molecule has 0 aliphatic carbocycles. The average Bonchev–Trinajstić information content (AvgIpc) is 3.65. The lowest BCUT2D eigenvalue weighted by Crippen LogP contribution is -2.32. The molecule has 0 saturated carbocycles. The van der Waals surface area contributed by atoms with E-state index in [1.165, 1.54) is 25.7 Å². The quantitative estimate of drug-likeness (QED) is 0.288. The number of methoxy groups -OCH3 is 2. The summed E-state index contributed by atoms with van der Waals surface area (Å²) in [5, 5.41) is 18.0. The summed E-state index contributed by atoms with van der Waals surface area (Å²) in [5.41, 5.74) is 1.16. The molecular formula is C25H26N6O6S. The number of nitrogens with zero attached hydrogens (tertiary/aromatic N) is 5. The Labute approximate surface area is 218 Å². The van der Waals surface area contributed by atoms with E-state index in [-0.39, 0.29) is 17.5 Å². The summed E-state index contributed by atoms with van der Waals surface area (Å²) < 4.78 is 49.5. The van der Waals surface area contributed by atoms with Crippen molar-refractivity contribution in [3.05, 3.63) is 72.4 Å². The van der Waals surface area contributed by atoms with Crippen molar-refractivity contribution in [1.29, 1.82) is 0 Å². The van der Waals surface area contributed by atoms with Gasteiger partial charge < -0.3 is 23.4 Å². The average molecular weight is 539 g/mol. The van der Waals surface area contributed by atoms with Crippen LogP contribution in [0.2, 0.25) is 0 Å². The van der Waals surface area contributed by atoms with Gasteiger partial charge >= 0.3 is 0 Å². The number of sulfonamides is 1. The molecule has 5 aromatic rings. The minimum absolute atomic E-state index is 0.147. The van der Waals surface area contributed by atoms with Gasteiger partial charge in [-0.1, -0.05) is 12.1 Å². The molecule has 38 heavy (non-hydrogen) atoms. The Hall–Kier alpha value is -4.36. The van der Waals surface area contributed by atoms with Crippen LogP contribution in [-0.2, 0) is 10.0 Å². The van der Waals surface area contributed by atoms with Crippen LogP contribution in [0.15, 0.2) is 65.3 Å². The van der Waals surface area contributed by atoms with Crippen molar-refractivity contribution in [2.45, 2.75) is 25.2 Å². The number of benzene rings is 1. The van der Waals surface area contributed by atoms with Crippen LogP contribution in [-0.4, -0.2) is 57.1 Å². The zero-order valence-electron chi connectivity index (χ0n) is 21.1. The van der Waals surface area contributed by atoms with Crippen molar-refractivity contribution in [1.82, 2.24) is 24.1 Å². The maximum Gasteiger partial charge on any atom is 0.243 e. The van der Waals surface area contributed by atoms with Crippen LogP contribution in [0, 0.1) is 6.92 Å². The summed E-state index contributed by atoms with van der Waals surface area (Å²) >= 11 is 0. The van der Waals surface area contributed by atoms with Crippen LogP contribution in [0.1, 0.15) is 24.5 Å². The van der Waals surface area contributed by atoms with E-state index in [1.807, 2.05) is 6.07 Å². The van der Waals surface area contributed by atoms with E-state index >= 15 is 0 Å². The molecule has 0 aliphatic rings. The first-order chi connectivity index (χ1) is 18.2. The van der Waals surface area contributed by atoms with Gasteiger partial charge in [-0.25, -0.2) is 13.4 Å². The highest BCUT2D eigenvalue weighted by molar-refractivity contribution is 7.93. The summed E-state index contributed by atoms with van der Waals surface area (Å²) in [6.45, 7) is 3.16. The fourth-order valence-electron chi connectivity index (χ4n) is 4.06. The van der Waals surface area contributed by atoms with Crippen molar-refractivity contribution in [2.75, 3.05) is 18.9 Å². The summed E-state index contributed by atoms with van der Waals surface area (Å²) in [6, 6.07) is 14.0. The first kappa shape index (κ1) is 25.3. The number of aliphatic hydroxyl groups excluding tert-OH is 1. The van der Waals surface area contributed by atoms with E-state index in [0.29, 0.717) is 34.4 Å². The Bertz CT molecular complexity index is 1650. The molecule has 4 aromatic heterocycles. The molecule has 198 valence electrons. The number of furan rings is 1. The number of ether oxygens (including phenoxy) is 2. The lowest BCUT2D eigenvalue weighted by atomic mass is 10.2. The van der Waals surface area contributed by atoms with Gasteiger partial charge in [0.25, 0.3) is 0 Å². The summed E-state index contributed by atoms with van der Waals surface area (Å²) in [6.07, 6.45) is 1.93. The monoisotopic (exact) mass is 538 g/mol. The number of hydrogen-bond donors (Lipinski definition) is 2. The summed E-state index contributed by atoms with van der Waals surface area (Å²) in [7, 11) is -1.25. The normalized spacial score (nSPS) is 13.4. The molecule has 0 fully saturated rings. The lowest BCUT2D eigenvalue weighted by Gasteiger charge is -2.20. The molecule has 0 radical (unpaired) electrons. The summed E-state index contributed by atoms with van der Waals surface area (Å²) in [5.74, 6) is 1.82. The topological polar surface area (TPSA) is 146 Å². The highest BCUT2D eigenvalue weighted by Gasteiger charge is 2.34. The fourth-order valence-corrected chi connectivity index (χ4v) is 5.11. The van der Waals surface area contributed by atoms with Crippen molar-refractivity contribution in [3.8, 4) is 28.8 Å². The molecule has 0 amide bonds. The highest BCUT2D eigenvalue weighted by atomic mass is 32.2. The van der Waals surface area contributed by atoms with Gasteiger partial charge in [0, 0.05) is 12.4 Å². The highest BCUT2D eigenvalue weighted by Crippen LogP contribution is 2.38. The van der Waals surface area contributed by atoms with E-state index in [0.717, 1.165) is 0 Å². The third kappa shape index (κ3) is 4.46. The maximum atomic E-state index is 13.5. The molecule has 0 unspecified atom stereocenters. The van der Waals surface area contributed by atoms with E-state index in [1.54, 1.807) is 66.2 Å². The molecule has 0 bridgehead atoms. The first-order valence-corrected chi connectivity index (χ1v) is 13.1. The number of aliphatic hydroxyl groups is 1. The third-order valence-electron chi connectivity index (χ3n) is 6.10. The molecule has 2 N–H and O–H groups in total. The Morgan fingerprint density at radius 1 is 1.03 bits per heavy atom. The second-order valence-corrected chi connectivity index (χ2v) is 10.6. The van der Waals surface area contributed by atoms with Gasteiger partial charge in [0.05, 0.1) is 19.9 Å². The molecule has 5 rings (SSSR count). The number of nitrogens with one attached hydrogen (secondary N) is 1. The van der Waals surface area contributed by atoms with Crippen molar-refractivity contribution in [2.24, 2.45) is 0 Å². The Balaban J connectivity index is 1.58. The molecule has 1 aromatic carbocycles. The number of anilines is 1. The number of para-hydroxylation sites is 1. The molecular weight excluding hydrogens is 512 g/mol. The van der Waals surface area contributed by atoms with E-state index in [2.05, 4.69) is 19.9 Å². The smallest absolute Gasteiger partial charge is 0.243 e. The number of aromatic nitrogens is 5.